The third kappa shape index (κ3) is 6.11. The summed E-state index contributed by atoms with van der Waals surface area (Å²) in [6.07, 6.45) is 0. The fraction of sp³-hybridized carbons (Fsp3) is 0.350. The molecule has 0 saturated heterocycles. The van der Waals surface area contributed by atoms with Crippen LogP contribution in [0.2, 0.25) is 0 Å². The van der Waals surface area contributed by atoms with Crippen LogP contribution in [0.5, 0.6) is 0 Å². The second-order valence-electron chi connectivity index (χ2n) is 5.87. The highest BCUT2D eigenvalue weighted by molar-refractivity contribution is 8.00. The summed E-state index contributed by atoms with van der Waals surface area (Å²) in [5.74, 6) is -1.37. The second-order valence-corrected chi connectivity index (χ2v) is 6.89. The van der Waals surface area contributed by atoms with Crippen molar-refractivity contribution in [3.8, 4) is 0 Å². The summed E-state index contributed by atoms with van der Waals surface area (Å²) >= 11 is 1.06. The zero-order valence-electron chi connectivity index (χ0n) is 15.1. The summed E-state index contributed by atoms with van der Waals surface area (Å²) < 4.78 is 26.5. The molecule has 0 radical (unpaired) electrons. The van der Waals surface area contributed by atoms with E-state index in [0.717, 1.165) is 43.0 Å². The molecule has 0 bridgehead atoms. The normalized spacial score (nSPS) is 11.0. The van der Waals surface area contributed by atoms with E-state index >= 15 is 0 Å². The average Bonchev–Trinajstić information content (AvgIpc) is 2.64. The van der Waals surface area contributed by atoms with Crippen molar-refractivity contribution >= 4 is 17.7 Å². The number of hydrogen-bond acceptors (Lipinski definition) is 3. The Balaban J connectivity index is 1.89. The minimum absolute atomic E-state index is 0.0841. The van der Waals surface area contributed by atoms with Crippen molar-refractivity contribution in [1.29, 1.82) is 0 Å². The number of thioether (sulfide) groups is 1. The van der Waals surface area contributed by atoms with Gasteiger partial charge in [0.15, 0.2) is 0 Å². The number of nitrogens with zero attached hydrogens (tertiary/aromatic N) is 1. The molecule has 2 rings (SSSR count). The lowest BCUT2D eigenvalue weighted by molar-refractivity contribution is -0.118. The predicted octanol–water partition coefficient (Wildman–Crippen LogP) is 4.22. The molecule has 2 aromatic rings. The maximum absolute atomic E-state index is 13.6. The molecule has 0 fully saturated rings. The van der Waals surface area contributed by atoms with Gasteiger partial charge >= 0.3 is 0 Å². The first kappa shape index (κ1) is 20.4. The van der Waals surface area contributed by atoms with Crippen LogP contribution in [-0.4, -0.2) is 29.6 Å². The lowest BCUT2D eigenvalue weighted by atomic mass is 10.1. The van der Waals surface area contributed by atoms with Gasteiger partial charge in [0, 0.05) is 24.1 Å². The molecule has 0 heterocycles. The minimum atomic E-state index is -0.646. The fourth-order valence-electron chi connectivity index (χ4n) is 2.55. The van der Waals surface area contributed by atoms with Gasteiger partial charge in [-0.1, -0.05) is 38.1 Å². The fourth-order valence-corrected chi connectivity index (χ4v) is 3.30. The van der Waals surface area contributed by atoms with E-state index in [-0.39, 0.29) is 16.6 Å². The zero-order chi connectivity index (χ0) is 18.9. The van der Waals surface area contributed by atoms with E-state index in [1.54, 1.807) is 0 Å². The molecule has 6 heteroatoms. The van der Waals surface area contributed by atoms with Crippen LogP contribution in [-0.2, 0) is 17.9 Å². The second kappa shape index (κ2) is 10.3. The van der Waals surface area contributed by atoms with Crippen molar-refractivity contribution in [2.75, 3.05) is 18.8 Å². The molecule has 0 unspecified atom stereocenters. The minimum Gasteiger partial charge on any atom is -0.351 e. The molecule has 3 nitrogen and oxygen atoms in total. The third-order valence-corrected chi connectivity index (χ3v) is 5.18. The number of carbonyl (C=O) groups excluding carboxylic acids is 1. The molecule has 26 heavy (non-hydrogen) atoms. The van der Waals surface area contributed by atoms with Crippen LogP contribution in [0.1, 0.15) is 25.0 Å². The van der Waals surface area contributed by atoms with E-state index in [9.17, 15) is 13.6 Å². The molecule has 0 aromatic heterocycles. The van der Waals surface area contributed by atoms with E-state index in [4.69, 9.17) is 0 Å². The SMILES string of the molecule is CCN(CC)Cc1ccccc1CNC(=O)CSc1ccc(F)cc1F. The predicted molar refractivity (Wildman–Crippen MR) is 102 cm³/mol. The first-order chi connectivity index (χ1) is 12.5. The van der Waals surface area contributed by atoms with Crippen molar-refractivity contribution in [1.82, 2.24) is 10.2 Å². The number of benzene rings is 2. The quantitative estimate of drug-likeness (QED) is 0.663. The number of carbonyl (C=O) groups is 1. The average molecular weight is 378 g/mol. The van der Waals surface area contributed by atoms with Crippen molar-refractivity contribution in [3.05, 3.63) is 65.2 Å². The molecule has 0 atom stereocenters. The maximum Gasteiger partial charge on any atom is 0.230 e. The highest BCUT2D eigenvalue weighted by atomic mass is 32.2. The maximum atomic E-state index is 13.6. The summed E-state index contributed by atoms with van der Waals surface area (Å²) in [5.41, 5.74) is 2.26. The molecule has 0 aliphatic rings. The molecule has 0 aliphatic carbocycles. The highest BCUT2D eigenvalue weighted by Gasteiger charge is 2.10. The third-order valence-electron chi connectivity index (χ3n) is 4.14. The Morgan fingerprint density at radius 2 is 1.77 bits per heavy atom. The van der Waals surface area contributed by atoms with Crippen LogP contribution in [0, 0.1) is 11.6 Å². The van der Waals surface area contributed by atoms with Gasteiger partial charge in [0.2, 0.25) is 5.91 Å². The summed E-state index contributed by atoms with van der Waals surface area (Å²) in [5, 5.41) is 2.87. The smallest absolute Gasteiger partial charge is 0.230 e. The van der Waals surface area contributed by atoms with Gasteiger partial charge in [-0.2, -0.15) is 0 Å². The number of nitrogens with one attached hydrogen (secondary N) is 1. The summed E-state index contributed by atoms with van der Waals surface area (Å²) in [6, 6.07) is 11.4. The Kier molecular flexibility index (Phi) is 8.06. The number of hydrogen-bond donors (Lipinski definition) is 1. The molecule has 0 saturated carbocycles. The Morgan fingerprint density at radius 1 is 1.08 bits per heavy atom. The van der Waals surface area contributed by atoms with Crippen LogP contribution >= 0.6 is 11.8 Å². The molecular weight excluding hydrogens is 354 g/mol. The van der Waals surface area contributed by atoms with Crippen LogP contribution in [0.3, 0.4) is 0 Å². The summed E-state index contributed by atoms with van der Waals surface area (Å²) in [6.45, 7) is 7.46. The standard InChI is InChI=1S/C20H24F2N2OS/c1-3-24(4-2)13-16-8-6-5-7-15(16)12-23-20(25)14-26-19-10-9-17(21)11-18(19)22/h5-11H,3-4,12-14H2,1-2H3,(H,23,25). The van der Waals surface area contributed by atoms with Crippen molar-refractivity contribution in [2.45, 2.75) is 31.8 Å². The van der Waals surface area contributed by atoms with Gasteiger partial charge in [-0.15, -0.1) is 11.8 Å². The monoisotopic (exact) mass is 378 g/mol. The van der Waals surface area contributed by atoms with E-state index < -0.39 is 11.6 Å². The number of rotatable bonds is 9. The van der Waals surface area contributed by atoms with E-state index in [1.807, 2.05) is 18.2 Å². The van der Waals surface area contributed by atoms with E-state index in [1.165, 1.54) is 17.7 Å². The lowest BCUT2D eigenvalue weighted by Crippen LogP contribution is -2.27. The topological polar surface area (TPSA) is 32.3 Å². The molecule has 1 amide bonds. The van der Waals surface area contributed by atoms with E-state index in [2.05, 4.69) is 30.1 Å². The number of amides is 1. The van der Waals surface area contributed by atoms with Crippen LogP contribution < -0.4 is 5.32 Å². The van der Waals surface area contributed by atoms with Gasteiger partial charge in [0.25, 0.3) is 0 Å². The van der Waals surface area contributed by atoms with Crippen molar-refractivity contribution < 1.29 is 13.6 Å². The Hall–Kier alpha value is -1.92. The Bertz CT molecular complexity index is 736. The Morgan fingerprint density at radius 3 is 2.42 bits per heavy atom. The first-order valence-electron chi connectivity index (χ1n) is 8.67. The molecule has 140 valence electrons. The van der Waals surface area contributed by atoms with Crippen molar-refractivity contribution in [3.63, 3.8) is 0 Å². The van der Waals surface area contributed by atoms with Gasteiger partial charge < -0.3 is 5.32 Å². The number of halogens is 2. The highest BCUT2D eigenvalue weighted by Crippen LogP contribution is 2.22. The van der Waals surface area contributed by atoms with Gasteiger partial charge in [0.1, 0.15) is 11.6 Å². The van der Waals surface area contributed by atoms with Crippen molar-refractivity contribution in [2.24, 2.45) is 0 Å². The van der Waals surface area contributed by atoms with Gasteiger partial charge in [-0.3, -0.25) is 9.69 Å². The van der Waals surface area contributed by atoms with Gasteiger partial charge in [0.05, 0.1) is 5.75 Å². The molecule has 1 N–H and O–H groups in total. The lowest BCUT2D eigenvalue weighted by Gasteiger charge is -2.20. The van der Waals surface area contributed by atoms with Crippen LogP contribution in [0.4, 0.5) is 8.78 Å². The summed E-state index contributed by atoms with van der Waals surface area (Å²) in [4.78, 5) is 14.7. The molecule has 2 aromatic carbocycles. The molecule has 0 aliphatic heterocycles. The summed E-state index contributed by atoms with van der Waals surface area (Å²) in [7, 11) is 0. The van der Waals surface area contributed by atoms with E-state index in [0.29, 0.717) is 6.54 Å². The van der Waals surface area contributed by atoms with Gasteiger partial charge in [-0.25, -0.2) is 8.78 Å². The largest absolute Gasteiger partial charge is 0.351 e. The zero-order valence-corrected chi connectivity index (χ0v) is 15.9. The molecule has 0 spiro atoms. The van der Waals surface area contributed by atoms with Gasteiger partial charge in [-0.05, 0) is 36.3 Å². The molecular formula is C20H24F2N2OS. The first-order valence-corrected chi connectivity index (χ1v) is 9.65. The van der Waals surface area contributed by atoms with Crippen LogP contribution in [0.25, 0.3) is 0 Å². The Labute approximate surface area is 157 Å². The van der Waals surface area contributed by atoms with Crippen LogP contribution in [0.15, 0.2) is 47.4 Å².